The van der Waals surface area contributed by atoms with Crippen molar-refractivity contribution in [1.29, 1.82) is 0 Å². The van der Waals surface area contributed by atoms with Gasteiger partial charge in [0.2, 0.25) is 0 Å². The molecule has 1 N–H and O–H groups in total. The molecule has 1 aliphatic heterocycles. The van der Waals surface area contributed by atoms with Crippen molar-refractivity contribution in [2.24, 2.45) is 0 Å². The predicted molar refractivity (Wildman–Crippen MR) is 129 cm³/mol. The minimum absolute atomic E-state index is 0.0238. The monoisotopic (exact) mass is 474 g/mol. The van der Waals surface area contributed by atoms with E-state index in [9.17, 15) is 9.18 Å². The van der Waals surface area contributed by atoms with Gasteiger partial charge in [-0.1, -0.05) is 24.3 Å². The van der Waals surface area contributed by atoms with Crippen LogP contribution in [0.4, 0.5) is 4.39 Å². The third kappa shape index (κ3) is 5.11. The first-order valence-electron chi connectivity index (χ1n) is 11.9. The SMILES string of the molecule is CCOc1ccccc1-c1cc(C(=O)N2CCC[C@@H](c3ncc(Cc4ccc(F)cc4)o3)C2)[nH]n1. The number of rotatable bonds is 7. The number of nitrogens with zero attached hydrogens (tertiary/aromatic N) is 3. The van der Waals surface area contributed by atoms with Gasteiger partial charge in [0.25, 0.3) is 5.91 Å². The van der Waals surface area contributed by atoms with Crippen molar-refractivity contribution in [2.75, 3.05) is 19.7 Å². The molecule has 0 saturated carbocycles. The summed E-state index contributed by atoms with van der Waals surface area (Å²) in [7, 11) is 0. The molecular weight excluding hydrogens is 447 g/mol. The Morgan fingerprint density at radius 1 is 1.23 bits per heavy atom. The Morgan fingerprint density at radius 2 is 2.06 bits per heavy atom. The molecule has 7 nitrogen and oxygen atoms in total. The zero-order valence-electron chi connectivity index (χ0n) is 19.5. The fraction of sp³-hybridized carbons (Fsp3) is 0.296. The van der Waals surface area contributed by atoms with Crippen LogP contribution < -0.4 is 4.74 Å². The Hall–Kier alpha value is -3.94. The molecule has 1 saturated heterocycles. The quantitative estimate of drug-likeness (QED) is 0.397. The molecule has 0 radical (unpaired) electrons. The van der Waals surface area contributed by atoms with Gasteiger partial charge < -0.3 is 14.1 Å². The smallest absolute Gasteiger partial charge is 0.271 e. The van der Waals surface area contributed by atoms with E-state index in [2.05, 4.69) is 15.2 Å². The molecule has 1 fully saturated rings. The Balaban J connectivity index is 1.26. The van der Waals surface area contributed by atoms with Crippen LogP contribution in [-0.4, -0.2) is 45.7 Å². The molecule has 1 aliphatic rings. The number of nitrogens with one attached hydrogen (secondary N) is 1. The first-order chi connectivity index (χ1) is 17.1. The zero-order valence-corrected chi connectivity index (χ0v) is 19.5. The summed E-state index contributed by atoms with van der Waals surface area (Å²) in [5.74, 6) is 1.76. The molecule has 180 valence electrons. The number of H-pyrrole nitrogens is 1. The topological polar surface area (TPSA) is 84.2 Å². The number of oxazole rings is 1. The summed E-state index contributed by atoms with van der Waals surface area (Å²) in [4.78, 5) is 19.5. The van der Waals surface area contributed by atoms with E-state index < -0.39 is 0 Å². The normalized spacial score (nSPS) is 15.8. The number of ether oxygens (including phenoxy) is 1. The van der Waals surface area contributed by atoms with Gasteiger partial charge in [0.15, 0.2) is 5.89 Å². The van der Waals surface area contributed by atoms with Gasteiger partial charge in [-0.3, -0.25) is 9.89 Å². The number of hydrogen-bond acceptors (Lipinski definition) is 5. The van der Waals surface area contributed by atoms with Gasteiger partial charge in [-0.05, 0) is 55.7 Å². The molecule has 3 heterocycles. The Morgan fingerprint density at radius 3 is 2.89 bits per heavy atom. The van der Waals surface area contributed by atoms with Gasteiger partial charge in [-0.2, -0.15) is 5.10 Å². The Labute approximate surface area is 202 Å². The molecule has 0 aliphatic carbocycles. The second-order valence-corrected chi connectivity index (χ2v) is 8.65. The highest BCUT2D eigenvalue weighted by molar-refractivity contribution is 5.93. The van der Waals surface area contributed by atoms with Crippen molar-refractivity contribution in [3.05, 3.63) is 89.5 Å². The van der Waals surface area contributed by atoms with E-state index in [0.29, 0.717) is 43.4 Å². The van der Waals surface area contributed by atoms with E-state index in [1.807, 2.05) is 36.1 Å². The number of hydrogen-bond donors (Lipinski definition) is 1. The van der Waals surface area contributed by atoms with Crippen LogP contribution in [0.3, 0.4) is 0 Å². The number of benzene rings is 2. The van der Waals surface area contributed by atoms with Crippen LogP contribution in [0.5, 0.6) is 5.75 Å². The predicted octanol–water partition coefficient (Wildman–Crippen LogP) is 5.21. The summed E-state index contributed by atoms with van der Waals surface area (Å²) in [5.41, 5.74) is 2.91. The lowest BCUT2D eigenvalue weighted by atomic mass is 9.97. The van der Waals surface area contributed by atoms with Crippen molar-refractivity contribution in [3.8, 4) is 17.0 Å². The van der Waals surface area contributed by atoms with Gasteiger partial charge in [0.05, 0.1) is 24.4 Å². The lowest BCUT2D eigenvalue weighted by Gasteiger charge is -2.30. The van der Waals surface area contributed by atoms with Crippen molar-refractivity contribution in [3.63, 3.8) is 0 Å². The molecular formula is C27H27FN4O3. The highest BCUT2D eigenvalue weighted by atomic mass is 19.1. The number of likely N-dealkylation sites (tertiary alicyclic amines) is 1. The van der Waals surface area contributed by atoms with Gasteiger partial charge >= 0.3 is 0 Å². The average molecular weight is 475 g/mol. The molecule has 35 heavy (non-hydrogen) atoms. The fourth-order valence-corrected chi connectivity index (χ4v) is 4.46. The third-order valence-corrected chi connectivity index (χ3v) is 6.19. The van der Waals surface area contributed by atoms with E-state index in [0.717, 1.165) is 35.5 Å². The molecule has 8 heteroatoms. The maximum Gasteiger partial charge on any atom is 0.271 e. The number of aromatic amines is 1. The number of amides is 1. The lowest BCUT2D eigenvalue weighted by molar-refractivity contribution is 0.0692. The van der Waals surface area contributed by atoms with Crippen LogP contribution in [0.25, 0.3) is 11.3 Å². The second-order valence-electron chi connectivity index (χ2n) is 8.65. The zero-order chi connectivity index (χ0) is 24.2. The maximum absolute atomic E-state index is 13.2. The summed E-state index contributed by atoms with van der Waals surface area (Å²) in [6.45, 7) is 3.68. The molecule has 1 atom stereocenters. The molecule has 0 bridgehead atoms. The summed E-state index contributed by atoms with van der Waals surface area (Å²) >= 11 is 0. The molecule has 0 unspecified atom stereocenters. The Kier molecular flexibility index (Phi) is 6.61. The summed E-state index contributed by atoms with van der Waals surface area (Å²) in [6, 6.07) is 15.8. The molecule has 1 amide bonds. The van der Waals surface area contributed by atoms with Crippen molar-refractivity contribution in [2.45, 2.75) is 32.1 Å². The van der Waals surface area contributed by atoms with Gasteiger partial charge in [0, 0.05) is 25.1 Å². The lowest BCUT2D eigenvalue weighted by Crippen LogP contribution is -2.39. The van der Waals surface area contributed by atoms with Crippen molar-refractivity contribution >= 4 is 5.91 Å². The van der Waals surface area contributed by atoms with Gasteiger partial charge in [-0.15, -0.1) is 0 Å². The highest BCUT2D eigenvalue weighted by Crippen LogP contribution is 2.31. The van der Waals surface area contributed by atoms with Crippen LogP contribution in [0.15, 0.2) is 65.2 Å². The van der Waals surface area contributed by atoms with Crippen LogP contribution in [0.1, 0.15) is 53.4 Å². The van der Waals surface area contributed by atoms with Crippen LogP contribution in [0, 0.1) is 5.82 Å². The first kappa shape index (κ1) is 22.8. The third-order valence-electron chi connectivity index (χ3n) is 6.19. The summed E-state index contributed by atoms with van der Waals surface area (Å²) < 4.78 is 24.9. The van der Waals surface area contributed by atoms with Gasteiger partial charge in [-0.25, -0.2) is 9.37 Å². The minimum atomic E-state index is -0.262. The first-order valence-corrected chi connectivity index (χ1v) is 11.9. The number of halogens is 1. The number of aromatic nitrogens is 3. The molecule has 4 aromatic rings. The number of para-hydroxylation sites is 1. The van der Waals surface area contributed by atoms with Crippen LogP contribution in [0.2, 0.25) is 0 Å². The van der Waals surface area contributed by atoms with Crippen LogP contribution in [-0.2, 0) is 6.42 Å². The van der Waals surface area contributed by atoms with E-state index in [1.165, 1.54) is 12.1 Å². The molecule has 2 aromatic carbocycles. The van der Waals surface area contributed by atoms with Gasteiger partial charge in [0.1, 0.15) is 23.0 Å². The van der Waals surface area contributed by atoms with E-state index in [1.54, 1.807) is 24.4 Å². The maximum atomic E-state index is 13.2. The molecule has 0 spiro atoms. The summed E-state index contributed by atoms with van der Waals surface area (Å²) in [5, 5.41) is 7.26. The second kappa shape index (κ2) is 10.1. The number of piperidine rings is 1. The van der Waals surface area contributed by atoms with Crippen molar-refractivity contribution < 1.29 is 18.3 Å². The number of carbonyl (C=O) groups excluding carboxylic acids is 1. The number of carbonyl (C=O) groups is 1. The molecule has 2 aromatic heterocycles. The standard InChI is InChI=1S/C27H27FN4O3/c1-2-34-25-8-4-3-7-22(25)23-15-24(31-30-23)27(33)32-13-5-6-19(17-32)26-29-16-21(35-26)14-18-9-11-20(28)12-10-18/h3-4,7-12,15-16,19H,2,5-6,13-14,17H2,1H3,(H,30,31)/t19-/m1/s1. The Bertz CT molecular complexity index is 1300. The summed E-state index contributed by atoms with van der Waals surface area (Å²) in [6.07, 6.45) is 4.02. The highest BCUT2D eigenvalue weighted by Gasteiger charge is 2.29. The molecule has 5 rings (SSSR count). The van der Waals surface area contributed by atoms with E-state index in [-0.39, 0.29) is 17.6 Å². The van der Waals surface area contributed by atoms with Crippen molar-refractivity contribution in [1.82, 2.24) is 20.1 Å². The van der Waals surface area contributed by atoms with Crippen LogP contribution >= 0.6 is 0 Å². The van der Waals surface area contributed by atoms with E-state index in [4.69, 9.17) is 9.15 Å². The average Bonchev–Trinajstić information content (AvgIpc) is 3.56. The fourth-order valence-electron chi connectivity index (χ4n) is 4.46. The largest absolute Gasteiger partial charge is 0.493 e. The van der Waals surface area contributed by atoms with E-state index >= 15 is 0 Å². The minimum Gasteiger partial charge on any atom is -0.493 e.